The number of ether oxygens (including phenoxy) is 3. The van der Waals surface area contributed by atoms with Crippen LogP contribution in [0, 0.1) is 0 Å². The molecule has 1 rings (SSSR count). The summed E-state index contributed by atoms with van der Waals surface area (Å²) >= 11 is 11.1. The van der Waals surface area contributed by atoms with Crippen LogP contribution in [0.25, 0.3) is 0 Å². The molecule has 0 unspecified atom stereocenters. The summed E-state index contributed by atoms with van der Waals surface area (Å²) in [5.41, 5.74) is 0. The molecule has 0 spiro atoms. The van der Waals surface area contributed by atoms with Gasteiger partial charge in [-0.15, -0.1) is 0 Å². The van der Waals surface area contributed by atoms with Crippen molar-refractivity contribution in [2.45, 2.75) is 231 Å². The fourth-order valence-electron chi connectivity index (χ4n) is 6.64. The Bertz CT molecular complexity index is 721. The first-order valence-corrected chi connectivity index (χ1v) is 21.1. The average molecular weight is 701 g/mol. The van der Waals surface area contributed by atoms with Gasteiger partial charge >= 0.3 is 0 Å². The Morgan fingerprint density at radius 2 is 0.809 bits per heavy atom. The summed E-state index contributed by atoms with van der Waals surface area (Å²) < 4.78 is 17.9. The molecule has 47 heavy (non-hydrogen) atoms. The summed E-state index contributed by atoms with van der Waals surface area (Å²) in [6, 6.07) is 0. The molecule has 0 radical (unpaired) electrons. The molecule has 1 heterocycles. The first-order chi connectivity index (χ1) is 23.0. The Morgan fingerprint density at radius 3 is 1.13 bits per heavy atom. The molecule has 7 heteroatoms. The Hall–Kier alpha value is -0.340. The normalized spacial score (nSPS) is 19.6. The van der Waals surface area contributed by atoms with E-state index in [0.717, 1.165) is 25.7 Å². The maximum atomic E-state index is 10.7. The molecule has 0 aromatic carbocycles. The predicted molar refractivity (Wildman–Crippen MR) is 208 cm³/mol. The molecular weight excluding hydrogens is 625 g/mol. The summed E-state index contributed by atoms with van der Waals surface area (Å²) in [6.45, 7) is 4.42. The van der Waals surface area contributed by atoms with Gasteiger partial charge in [-0.05, 0) is 37.3 Å². The van der Waals surface area contributed by atoms with Gasteiger partial charge in [-0.2, -0.15) is 0 Å². The van der Waals surface area contributed by atoms with Crippen molar-refractivity contribution in [1.82, 2.24) is 0 Å². The molecule has 1 fully saturated rings. The van der Waals surface area contributed by atoms with Gasteiger partial charge < -0.3 is 24.4 Å². The van der Waals surface area contributed by atoms with Crippen molar-refractivity contribution in [3.05, 3.63) is 0 Å². The molecule has 0 bridgehead atoms. The molecule has 4 atom stereocenters. The van der Waals surface area contributed by atoms with Crippen molar-refractivity contribution in [1.29, 1.82) is 0 Å². The van der Waals surface area contributed by atoms with Crippen molar-refractivity contribution in [3.8, 4) is 0 Å². The fraction of sp³-hybridized carbons (Fsp3) is 0.950. The zero-order chi connectivity index (χ0) is 34.2. The van der Waals surface area contributed by atoms with Crippen molar-refractivity contribution < 1.29 is 24.4 Å². The second-order valence-corrected chi connectivity index (χ2v) is 15.1. The van der Waals surface area contributed by atoms with E-state index in [1.54, 1.807) is 0 Å². The van der Waals surface area contributed by atoms with Crippen LogP contribution in [0.15, 0.2) is 0 Å². The largest absolute Gasteiger partial charge is 0.477 e. The maximum Gasteiger partial charge on any atom is 0.167 e. The SMILES string of the molecule is CCCCCCCCCCCCCCCCC(=S)O[C@@H]1[C@@H](OC(=S)CCCCCCCCCCCCCCCC)[C@H](CO)OC[C@H]1O. The van der Waals surface area contributed by atoms with Crippen LogP contribution in [-0.2, 0) is 14.2 Å². The van der Waals surface area contributed by atoms with E-state index in [0.29, 0.717) is 22.9 Å². The van der Waals surface area contributed by atoms with Gasteiger partial charge in [-0.1, -0.05) is 181 Å². The van der Waals surface area contributed by atoms with E-state index in [2.05, 4.69) is 13.8 Å². The number of aliphatic hydroxyl groups is 2. The first-order valence-electron chi connectivity index (χ1n) is 20.3. The minimum Gasteiger partial charge on any atom is -0.477 e. The van der Waals surface area contributed by atoms with Crippen LogP contribution < -0.4 is 0 Å². The van der Waals surface area contributed by atoms with Gasteiger partial charge in [0.25, 0.3) is 0 Å². The third kappa shape index (κ3) is 25.3. The van der Waals surface area contributed by atoms with Crippen LogP contribution in [-0.4, -0.2) is 57.9 Å². The second kappa shape index (κ2) is 32.8. The molecule has 5 nitrogen and oxygen atoms in total. The molecule has 0 saturated carbocycles. The Kier molecular flexibility index (Phi) is 31.2. The van der Waals surface area contributed by atoms with E-state index in [1.165, 1.54) is 154 Å². The summed E-state index contributed by atoms with van der Waals surface area (Å²) in [5.74, 6) is 0. The average Bonchev–Trinajstić information content (AvgIpc) is 3.06. The molecule has 0 amide bonds. The monoisotopic (exact) mass is 701 g/mol. The van der Waals surface area contributed by atoms with Crippen molar-refractivity contribution in [2.24, 2.45) is 0 Å². The minimum absolute atomic E-state index is 0.0863. The summed E-state index contributed by atoms with van der Waals surface area (Å²) in [7, 11) is 0. The number of hydrogen-bond donors (Lipinski definition) is 2. The Labute approximate surface area is 302 Å². The van der Waals surface area contributed by atoms with Crippen LogP contribution in [0.4, 0.5) is 0 Å². The van der Waals surface area contributed by atoms with Gasteiger partial charge in [0.1, 0.15) is 12.2 Å². The lowest BCUT2D eigenvalue weighted by molar-refractivity contribution is -0.185. The van der Waals surface area contributed by atoms with Crippen molar-refractivity contribution in [2.75, 3.05) is 13.2 Å². The van der Waals surface area contributed by atoms with E-state index >= 15 is 0 Å². The number of rotatable bonds is 33. The first kappa shape index (κ1) is 44.7. The quantitative estimate of drug-likeness (QED) is 0.0522. The molecule has 278 valence electrons. The highest BCUT2D eigenvalue weighted by Gasteiger charge is 2.43. The lowest BCUT2D eigenvalue weighted by Gasteiger charge is -2.40. The van der Waals surface area contributed by atoms with E-state index < -0.39 is 24.4 Å². The van der Waals surface area contributed by atoms with E-state index in [9.17, 15) is 10.2 Å². The highest BCUT2D eigenvalue weighted by atomic mass is 32.1. The lowest BCUT2D eigenvalue weighted by atomic mass is 9.99. The summed E-state index contributed by atoms with van der Waals surface area (Å²) in [4.78, 5) is 0. The second-order valence-electron chi connectivity index (χ2n) is 14.2. The van der Waals surface area contributed by atoms with Gasteiger partial charge in [-0.3, -0.25) is 0 Å². The van der Waals surface area contributed by atoms with Gasteiger partial charge in [0.05, 0.1) is 13.2 Å². The van der Waals surface area contributed by atoms with E-state index in [1.807, 2.05) is 0 Å². The molecule has 1 aliphatic heterocycles. The maximum absolute atomic E-state index is 10.7. The zero-order valence-corrected chi connectivity index (χ0v) is 32.5. The van der Waals surface area contributed by atoms with Crippen molar-refractivity contribution >= 4 is 34.5 Å². The lowest BCUT2D eigenvalue weighted by Crippen LogP contribution is -2.57. The Morgan fingerprint density at radius 1 is 0.511 bits per heavy atom. The summed E-state index contributed by atoms with van der Waals surface area (Å²) in [6.07, 6.45) is 35.4. The van der Waals surface area contributed by atoms with Gasteiger partial charge in [-0.25, -0.2) is 0 Å². The third-order valence-electron chi connectivity index (χ3n) is 9.73. The van der Waals surface area contributed by atoms with Crippen LogP contribution in [0.2, 0.25) is 0 Å². The smallest absolute Gasteiger partial charge is 0.167 e. The topological polar surface area (TPSA) is 68.2 Å². The summed E-state index contributed by atoms with van der Waals surface area (Å²) in [5, 5.41) is 21.6. The van der Waals surface area contributed by atoms with Crippen LogP contribution in [0.3, 0.4) is 0 Å². The van der Waals surface area contributed by atoms with Gasteiger partial charge in [0.2, 0.25) is 0 Å². The standard InChI is InChI=1S/C40H76O5S2/c1-3-5-7-9-11-13-15-17-19-21-23-25-27-29-31-37(46)44-39-35(42)34-43-36(33-41)40(39)45-38(47)32-30-28-26-24-22-20-18-16-14-12-10-8-6-4-2/h35-36,39-42H,3-34H2,1-2H3/t35-,36+,39+,40+/m1/s1. The van der Waals surface area contributed by atoms with Gasteiger partial charge in [0.15, 0.2) is 22.3 Å². The van der Waals surface area contributed by atoms with Gasteiger partial charge in [0, 0.05) is 12.8 Å². The zero-order valence-electron chi connectivity index (χ0n) is 30.9. The third-order valence-corrected chi connectivity index (χ3v) is 10.3. The van der Waals surface area contributed by atoms with Crippen LogP contribution in [0.1, 0.15) is 206 Å². The molecule has 1 saturated heterocycles. The highest BCUT2D eigenvalue weighted by molar-refractivity contribution is 7.80. The molecule has 1 aliphatic rings. The number of thiocarbonyl (C=S) groups is 2. The highest BCUT2D eigenvalue weighted by Crippen LogP contribution is 2.24. The number of unbranched alkanes of at least 4 members (excludes halogenated alkanes) is 26. The molecular formula is C40H76O5S2. The Balaban J connectivity index is 2.16. The fourth-order valence-corrected chi connectivity index (χ4v) is 7.15. The van der Waals surface area contributed by atoms with E-state index in [-0.39, 0.29) is 13.2 Å². The molecule has 0 aliphatic carbocycles. The van der Waals surface area contributed by atoms with Crippen LogP contribution >= 0.6 is 24.4 Å². The minimum atomic E-state index is -0.874. The molecule has 0 aromatic rings. The molecule has 2 N–H and O–H groups in total. The number of hydrogen-bond acceptors (Lipinski definition) is 7. The number of aliphatic hydroxyl groups excluding tert-OH is 2. The van der Waals surface area contributed by atoms with Crippen LogP contribution in [0.5, 0.6) is 0 Å². The molecule has 0 aromatic heterocycles. The predicted octanol–water partition coefficient (Wildman–Crippen LogP) is 11.9. The van der Waals surface area contributed by atoms with E-state index in [4.69, 9.17) is 38.6 Å². The van der Waals surface area contributed by atoms with Crippen molar-refractivity contribution in [3.63, 3.8) is 0 Å².